The van der Waals surface area contributed by atoms with Gasteiger partial charge in [-0.2, -0.15) is 4.31 Å². The summed E-state index contributed by atoms with van der Waals surface area (Å²) in [6, 6.07) is 4.98. The highest BCUT2D eigenvalue weighted by Gasteiger charge is 2.29. The van der Waals surface area contributed by atoms with Crippen LogP contribution in [0, 0.1) is 12.3 Å². The number of rotatable bonds is 2. The molecule has 1 aromatic rings. The third-order valence-electron chi connectivity index (χ3n) is 3.85. The molecule has 2 N–H and O–H groups in total. The van der Waals surface area contributed by atoms with Crippen molar-refractivity contribution in [3.8, 4) is 0 Å². The molecule has 1 aliphatic rings. The van der Waals surface area contributed by atoms with Crippen molar-refractivity contribution < 1.29 is 8.42 Å². The van der Waals surface area contributed by atoms with Crippen LogP contribution in [-0.2, 0) is 10.0 Å². The van der Waals surface area contributed by atoms with E-state index in [-0.39, 0.29) is 10.3 Å². The summed E-state index contributed by atoms with van der Waals surface area (Å²) in [5.74, 6) is 0. The highest BCUT2D eigenvalue weighted by Crippen LogP contribution is 2.32. The van der Waals surface area contributed by atoms with Crippen molar-refractivity contribution in [2.24, 2.45) is 5.41 Å². The van der Waals surface area contributed by atoms with E-state index in [4.69, 9.17) is 5.73 Å². The summed E-state index contributed by atoms with van der Waals surface area (Å²) in [5, 5.41) is 0. The quantitative estimate of drug-likeness (QED) is 0.675. The van der Waals surface area contributed by atoms with Gasteiger partial charge >= 0.3 is 0 Å². The number of hydrogen-bond donors (Lipinski definition) is 1. The van der Waals surface area contributed by atoms with E-state index < -0.39 is 10.0 Å². The number of nitrogens with zero attached hydrogens (tertiary/aromatic N) is 1. The minimum absolute atomic E-state index is 0.101. The van der Waals surface area contributed by atoms with E-state index in [2.05, 4.69) is 20.8 Å². The summed E-state index contributed by atoms with van der Waals surface area (Å²) < 4.78 is 26.9. The predicted molar refractivity (Wildman–Crippen MR) is 86.5 cm³/mol. The minimum atomic E-state index is -3.47. The zero-order valence-corrected chi connectivity index (χ0v) is 14.0. The summed E-state index contributed by atoms with van der Waals surface area (Å²) in [4.78, 5) is 0.285. The number of benzene rings is 1. The molecule has 0 spiro atoms. The van der Waals surface area contributed by atoms with Crippen molar-refractivity contribution in [2.75, 3.05) is 18.8 Å². The van der Waals surface area contributed by atoms with Gasteiger partial charge in [-0.15, -0.1) is 0 Å². The fraction of sp³-hybridized carbons (Fsp3) is 0.500. The monoisotopic (exact) mass is 308 g/mol. The van der Waals surface area contributed by atoms with Gasteiger partial charge in [0.05, 0.1) is 4.90 Å². The Morgan fingerprint density at radius 1 is 1.19 bits per heavy atom. The first-order valence-electron chi connectivity index (χ1n) is 7.17. The molecule has 1 aromatic carbocycles. The summed E-state index contributed by atoms with van der Waals surface area (Å²) in [7, 11) is -3.47. The number of anilines is 1. The highest BCUT2D eigenvalue weighted by atomic mass is 32.2. The summed E-state index contributed by atoms with van der Waals surface area (Å²) >= 11 is 0. The van der Waals surface area contributed by atoms with E-state index in [1.165, 1.54) is 15.9 Å². The van der Waals surface area contributed by atoms with Crippen LogP contribution in [0.2, 0.25) is 0 Å². The summed E-state index contributed by atoms with van der Waals surface area (Å²) in [5.41, 5.74) is 8.53. The third-order valence-corrected chi connectivity index (χ3v) is 5.69. The van der Waals surface area contributed by atoms with Crippen LogP contribution >= 0.6 is 0 Å². The SMILES string of the molecule is Cc1cc(N)cc(S(=O)(=O)N2CC=C(C(C)(C)C)CC2)c1. The lowest BCUT2D eigenvalue weighted by molar-refractivity contribution is 0.389. The zero-order chi connectivity index (χ0) is 15.8. The average molecular weight is 308 g/mol. The van der Waals surface area contributed by atoms with Gasteiger partial charge in [0, 0.05) is 18.8 Å². The minimum Gasteiger partial charge on any atom is -0.399 e. The second kappa shape index (κ2) is 5.46. The first kappa shape index (κ1) is 16.0. The van der Waals surface area contributed by atoms with E-state index >= 15 is 0 Å². The Labute approximate surface area is 127 Å². The molecule has 1 aliphatic heterocycles. The number of nitrogens with two attached hydrogens (primary N) is 1. The van der Waals surface area contributed by atoms with E-state index in [0.717, 1.165) is 12.0 Å². The number of hydrogen-bond acceptors (Lipinski definition) is 3. The van der Waals surface area contributed by atoms with Gasteiger partial charge in [0.2, 0.25) is 10.0 Å². The van der Waals surface area contributed by atoms with Gasteiger partial charge in [0.15, 0.2) is 0 Å². The van der Waals surface area contributed by atoms with Gasteiger partial charge in [-0.1, -0.05) is 32.4 Å². The summed E-state index contributed by atoms with van der Waals surface area (Å²) in [6.45, 7) is 9.28. The van der Waals surface area contributed by atoms with E-state index in [1.54, 1.807) is 12.1 Å². The molecule has 5 heteroatoms. The average Bonchev–Trinajstić information content (AvgIpc) is 2.36. The topological polar surface area (TPSA) is 63.4 Å². The molecule has 0 fully saturated rings. The number of aryl methyl sites for hydroxylation is 1. The van der Waals surface area contributed by atoms with Crippen LogP contribution in [0.25, 0.3) is 0 Å². The molecular formula is C16H24N2O2S. The lowest BCUT2D eigenvalue weighted by atomic mass is 9.83. The predicted octanol–water partition coefficient (Wildman–Crippen LogP) is 2.94. The van der Waals surface area contributed by atoms with Crippen LogP contribution in [0.15, 0.2) is 34.7 Å². The Bertz CT molecular complexity index is 650. The van der Waals surface area contributed by atoms with Crippen LogP contribution < -0.4 is 5.73 Å². The van der Waals surface area contributed by atoms with Crippen molar-refractivity contribution in [3.05, 3.63) is 35.4 Å². The Hall–Kier alpha value is -1.33. The maximum Gasteiger partial charge on any atom is 0.243 e. The lowest BCUT2D eigenvalue weighted by Crippen LogP contribution is -2.36. The first-order chi connectivity index (χ1) is 9.60. The Balaban J connectivity index is 2.28. The van der Waals surface area contributed by atoms with Gasteiger partial charge in [-0.25, -0.2) is 8.42 Å². The van der Waals surface area contributed by atoms with Crippen LogP contribution in [0.4, 0.5) is 5.69 Å². The van der Waals surface area contributed by atoms with Crippen molar-refractivity contribution >= 4 is 15.7 Å². The van der Waals surface area contributed by atoms with Gasteiger partial charge < -0.3 is 5.73 Å². The number of sulfonamides is 1. The molecule has 1 heterocycles. The molecule has 0 atom stereocenters. The van der Waals surface area contributed by atoms with Crippen LogP contribution in [0.1, 0.15) is 32.8 Å². The molecule has 21 heavy (non-hydrogen) atoms. The van der Waals surface area contributed by atoms with Crippen LogP contribution in [0.3, 0.4) is 0 Å². The van der Waals surface area contributed by atoms with Crippen molar-refractivity contribution in [1.29, 1.82) is 0 Å². The highest BCUT2D eigenvalue weighted by molar-refractivity contribution is 7.89. The maximum absolute atomic E-state index is 12.7. The number of nitrogen functional groups attached to an aromatic ring is 1. The largest absolute Gasteiger partial charge is 0.399 e. The molecule has 0 unspecified atom stereocenters. The Kier molecular flexibility index (Phi) is 4.17. The Morgan fingerprint density at radius 3 is 2.33 bits per heavy atom. The fourth-order valence-corrected chi connectivity index (χ4v) is 4.14. The lowest BCUT2D eigenvalue weighted by Gasteiger charge is -2.31. The van der Waals surface area contributed by atoms with E-state index in [1.807, 2.05) is 13.0 Å². The molecule has 2 rings (SSSR count). The molecule has 0 saturated heterocycles. The van der Waals surface area contributed by atoms with Crippen LogP contribution in [-0.4, -0.2) is 25.8 Å². The zero-order valence-electron chi connectivity index (χ0n) is 13.2. The second-order valence-corrected chi connectivity index (χ2v) is 8.61. The van der Waals surface area contributed by atoms with Gasteiger partial charge in [0.1, 0.15) is 0 Å². The third kappa shape index (κ3) is 3.47. The molecule has 0 saturated carbocycles. The standard InChI is InChI=1S/C16H24N2O2S/c1-12-9-14(17)11-15(10-12)21(19,20)18-7-5-13(6-8-18)16(2,3)4/h5,9-11H,6-8,17H2,1-4H3. The molecule has 0 radical (unpaired) electrons. The normalized spacial score (nSPS) is 17.6. The molecular weight excluding hydrogens is 284 g/mol. The second-order valence-electron chi connectivity index (χ2n) is 6.67. The van der Waals surface area contributed by atoms with Gasteiger partial charge in [-0.05, 0) is 42.5 Å². The van der Waals surface area contributed by atoms with Crippen molar-refractivity contribution in [3.63, 3.8) is 0 Å². The fourth-order valence-electron chi connectivity index (χ4n) is 2.62. The van der Waals surface area contributed by atoms with E-state index in [0.29, 0.717) is 18.8 Å². The molecule has 116 valence electrons. The Morgan fingerprint density at radius 2 is 1.86 bits per heavy atom. The first-order valence-corrected chi connectivity index (χ1v) is 8.61. The molecule has 0 aromatic heterocycles. The van der Waals surface area contributed by atoms with Crippen molar-refractivity contribution in [2.45, 2.75) is 39.0 Å². The molecule has 0 aliphatic carbocycles. The van der Waals surface area contributed by atoms with E-state index in [9.17, 15) is 8.42 Å². The maximum atomic E-state index is 12.7. The summed E-state index contributed by atoms with van der Waals surface area (Å²) in [6.07, 6.45) is 2.82. The molecule has 0 bridgehead atoms. The van der Waals surface area contributed by atoms with Gasteiger partial charge in [-0.3, -0.25) is 0 Å². The molecule has 4 nitrogen and oxygen atoms in total. The van der Waals surface area contributed by atoms with Crippen molar-refractivity contribution in [1.82, 2.24) is 4.31 Å². The smallest absolute Gasteiger partial charge is 0.243 e. The molecule has 0 amide bonds. The van der Waals surface area contributed by atoms with Crippen LogP contribution in [0.5, 0.6) is 0 Å². The van der Waals surface area contributed by atoms with Gasteiger partial charge in [0.25, 0.3) is 0 Å².